The van der Waals surface area contributed by atoms with Gasteiger partial charge in [-0.05, 0) is 25.0 Å². The topological polar surface area (TPSA) is 119 Å². The molecule has 27 heavy (non-hydrogen) atoms. The number of sulfonamides is 1. The lowest BCUT2D eigenvalue weighted by Gasteiger charge is -2.30. The summed E-state index contributed by atoms with van der Waals surface area (Å²) in [7, 11) is -7.85. The van der Waals surface area contributed by atoms with Crippen molar-refractivity contribution in [3.63, 3.8) is 0 Å². The minimum atomic E-state index is -4.14. The second-order valence-electron chi connectivity index (χ2n) is 6.96. The second kappa shape index (κ2) is 7.33. The van der Waals surface area contributed by atoms with Crippen molar-refractivity contribution >= 4 is 19.9 Å². The summed E-state index contributed by atoms with van der Waals surface area (Å²) >= 11 is 0. The quantitative estimate of drug-likeness (QED) is 0.747. The molecule has 3 rings (SSSR count). The normalized spacial score (nSPS) is 18.1. The zero-order valence-corrected chi connectivity index (χ0v) is 16.9. The Hall–Kier alpha value is -1.78. The first-order valence-corrected chi connectivity index (χ1v) is 12.2. The number of benzene rings is 1. The largest absolute Gasteiger partial charge is 0.340 e. The fourth-order valence-electron chi connectivity index (χ4n) is 3.49. The lowest BCUT2D eigenvalue weighted by atomic mass is 9.91. The Morgan fingerprint density at radius 1 is 1.00 bits per heavy atom. The molecule has 1 aliphatic rings. The first-order chi connectivity index (χ1) is 12.6. The molecule has 0 bridgehead atoms. The fraction of sp³-hybridized carbons (Fsp3) is 0.529. The van der Waals surface area contributed by atoms with E-state index < -0.39 is 25.4 Å². The van der Waals surface area contributed by atoms with E-state index in [9.17, 15) is 16.8 Å². The molecule has 0 spiro atoms. The van der Waals surface area contributed by atoms with Gasteiger partial charge in [-0.25, -0.2) is 16.8 Å². The summed E-state index contributed by atoms with van der Waals surface area (Å²) in [5.41, 5.74) is -1.02. The Bertz CT molecular complexity index is 1020. The van der Waals surface area contributed by atoms with Crippen LogP contribution in [0, 0.1) is 6.92 Å². The molecule has 1 aromatic heterocycles. The summed E-state index contributed by atoms with van der Waals surface area (Å²) in [5, 5.41) is 3.97. The van der Waals surface area contributed by atoms with Crippen LogP contribution in [0.2, 0.25) is 0 Å². The van der Waals surface area contributed by atoms with Crippen LogP contribution in [0.4, 0.5) is 0 Å². The maximum atomic E-state index is 13.2. The summed E-state index contributed by atoms with van der Waals surface area (Å²) in [6.45, 7) is 1.65. The highest BCUT2D eigenvalue weighted by Crippen LogP contribution is 2.36. The van der Waals surface area contributed by atoms with Crippen molar-refractivity contribution in [2.45, 2.75) is 60.8 Å². The van der Waals surface area contributed by atoms with Gasteiger partial charge in [0.15, 0.2) is 15.7 Å². The van der Waals surface area contributed by atoms with Gasteiger partial charge in [0, 0.05) is 13.2 Å². The molecule has 0 aliphatic heterocycles. The van der Waals surface area contributed by atoms with E-state index in [1.807, 2.05) is 0 Å². The van der Waals surface area contributed by atoms with Crippen molar-refractivity contribution in [3.8, 4) is 0 Å². The van der Waals surface area contributed by atoms with Crippen LogP contribution in [0.25, 0.3) is 0 Å². The fourth-order valence-corrected chi connectivity index (χ4v) is 6.54. The van der Waals surface area contributed by atoms with Crippen LogP contribution in [0.15, 0.2) is 38.6 Å². The van der Waals surface area contributed by atoms with Gasteiger partial charge in [0.2, 0.25) is 15.9 Å². The summed E-state index contributed by atoms with van der Waals surface area (Å²) in [4.78, 5) is 3.78. The van der Waals surface area contributed by atoms with Gasteiger partial charge in [0.05, 0.1) is 10.4 Å². The van der Waals surface area contributed by atoms with E-state index in [-0.39, 0.29) is 9.79 Å². The molecule has 8 nitrogen and oxygen atoms in total. The van der Waals surface area contributed by atoms with Crippen molar-refractivity contribution in [2.75, 3.05) is 6.26 Å². The Morgan fingerprint density at radius 2 is 1.59 bits per heavy atom. The third-order valence-electron chi connectivity index (χ3n) is 4.78. The number of aromatic nitrogens is 2. The van der Waals surface area contributed by atoms with Crippen LogP contribution in [0.1, 0.15) is 50.2 Å². The van der Waals surface area contributed by atoms with Gasteiger partial charge in [-0.1, -0.05) is 43.0 Å². The van der Waals surface area contributed by atoms with E-state index in [1.165, 1.54) is 24.3 Å². The van der Waals surface area contributed by atoms with Crippen molar-refractivity contribution < 1.29 is 21.4 Å². The Balaban J connectivity index is 2.09. The van der Waals surface area contributed by atoms with Crippen molar-refractivity contribution in [1.29, 1.82) is 0 Å². The number of hydrogen-bond donors (Lipinski definition) is 1. The highest BCUT2D eigenvalue weighted by atomic mass is 32.2. The summed E-state index contributed by atoms with van der Waals surface area (Å²) < 4.78 is 58.4. The van der Waals surface area contributed by atoms with Crippen LogP contribution in [0.5, 0.6) is 0 Å². The average Bonchev–Trinajstić information content (AvgIpc) is 2.90. The minimum absolute atomic E-state index is 0.231. The van der Waals surface area contributed by atoms with Crippen LogP contribution < -0.4 is 4.72 Å². The maximum Gasteiger partial charge on any atom is 0.242 e. The highest BCUT2D eigenvalue weighted by molar-refractivity contribution is 7.93. The summed E-state index contributed by atoms with van der Waals surface area (Å²) in [6.07, 6.45) is 5.62. The highest BCUT2D eigenvalue weighted by Gasteiger charge is 2.42. The molecule has 10 heteroatoms. The predicted octanol–water partition coefficient (Wildman–Crippen LogP) is 2.31. The molecule has 0 unspecified atom stereocenters. The van der Waals surface area contributed by atoms with Gasteiger partial charge in [-0.3, -0.25) is 0 Å². The molecule has 1 saturated carbocycles. The van der Waals surface area contributed by atoms with Crippen LogP contribution in [0.3, 0.4) is 0 Å². The van der Waals surface area contributed by atoms with Crippen LogP contribution >= 0.6 is 0 Å². The minimum Gasteiger partial charge on any atom is -0.340 e. The second-order valence-corrected chi connectivity index (χ2v) is 10.6. The molecular formula is C17H23N3O5S2. The molecule has 1 fully saturated rings. The molecule has 1 aliphatic carbocycles. The standard InChI is InChI=1S/C17H23N3O5S2/c1-13-18-16(19-25-13)17(11-7-3-4-8-12-17)20-27(23,24)15-10-6-5-9-14(15)26(2,21)22/h5-6,9-10,20H,3-4,7-8,11-12H2,1-2H3. The molecule has 0 saturated heterocycles. The average molecular weight is 414 g/mol. The molecule has 1 aromatic carbocycles. The van der Waals surface area contributed by atoms with E-state index in [2.05, 4.69) is 14.9 Å². The van der Waals surface area contributed by atoms with E-state index in [4.69, 9.17) is 4.52 Å². The third kappa shape index (κ3) is 4.22. The number of rotatable bonds is 5. The number of aryl methyl sites for hydroxylation is 1. The first-order valence-electron chi connectivity index (χ1n) is 8.78. The van der Waals surface area contributed by atoms with Crippen LogP contribution in [-0.4, -0.2) is 33.2 Å². The van der Waals surface area contributed by atoms with E-state index in [1.54, 1.807) is 6.92 Å². The van der Waals surface area contributed by atoms with E-state index in [0.717, 1.165) is 31.9 Å². The van der Waals surface area contributed by atoms with Gasteiger partial charge in [-0.2, -0.15) is 9.71 Å². The zero-order valence-electron chi connectivity index (χ0n) is 15.3. The van der Waals surface area contributed by atoms with E-state index >= 15 is 0 Å². The Morgan fingerprint density at radius 3 is 2.11 bits per heavy atom. The van der Waals surface area contributed by atoms with Gasteiger partial charge < -0.3 is 4.52 Å². The molecule has 0 amide bonds. The number of nitrogens with one attached hydrogen (secondary N) is 1. The van der Waals surface area contributed by atoms with Crippen molar-refractivity contribution in [2.24, 2.45) is 0 Å². The number of nitrogens with zero attached hydrogens (tertiary/aromatic N) is 2. The van der Waals surface area contributed by atoms with E-state index in [0.29, 0.717) is 24.6 Å². The first kappa shape index (κ1) is 20.0. The number of sulfone groups is 1. The molecule has 1 N–H and O–H groups in total. The van der Waals surface area contributed by atoms with Crippen LogP contribution in [-0.2, 0) is 25.4 Å². The Labute approximate surface area is 159 Å². The third-order valence-corrected chi connectivity index (χ3v) is 7.66. The maximum absolute atomic E-state index is 13.2. The smallest absolute Gasteiger partial charge is 0.242 e. The SMILES string of the molecule is Cc1nc(C2(NS(=O)(=O)c3ccccc3S(C)(=O)=O)CCCCCC2)no1. The lowest BCUT2D eigenvalue weighted by molar-refractivity contribution is 0.301. The van der Waals surface area contributed by atoms with Crippen molar-refractivity contribution in [1.82, 2.24) is 14.9 Å². The zero-order chi connectivity index (χ0) is 19.7. The molecule has 0 radical (unpaired) electrons. The lowest BCUT2D eigenvalue weighted by Crippen LogP contribution is -2.46. The van der Waals surface area contributed by atoms with Crippen molar-refractivity contribution in [3.05, 3.63) is 36.0 Å². The predicted molar refractivity (Wildman–Crippen MR) is 98.3 cm³/mol. The van der Waals surface area contributed by atoms with Gasteiger partial charge in [-0.15, -0.1) is 0 Å². The van der Waals surface area contributed by atoms with Gasteiger partial charge >= 0.3 is 0 Å². The van der Waals surface area contributed by atoms with Gasteiger partial charge in [0.25, 0.3) is 0 Å². The molecule has 0 atom stereocenters. The summed E-state index contributed by atoms with van der Waals surface area (Å²) in [5.74, 6) is 0.645. The molecule has 1 heterocycles. The van der Waals surface area contributed by atoms with Gasteiger partial charge in [0.1, 0.15) is 4.90 Å². The molecule has 148 valence electrons. The number of hydrogen-bond acceptors (Lipinski definition) is 7. The molecular weight excluding hydrogens is 390 g/mol. The summed E-state index contributed by atoms with van der Waals surface area (Å²) in [6, 6.07) is 5.59. The molecule has 2 aromatic rings. The monoisotopic (exact) mass is 413 g/mol. The Kier molecular flexibility index (Phi) is 5.42.